The Hall–Kier alpha value is -3.07. The minimum absolute atomic E-state index is 0.0363. The number of rotatable bonds is 11. The lowest BCUT2D eigenvalue weighted by Crippen LogP contribution is -2.54. The molecule has 3 aromatic carbocycles. The number of halogens is 2. The van der Waals surface area contributed by atoms with Gasteiger partial charge < -0.3 is 10.2 Å². The number of nitrogens with one attached hydrogen (secondary N) is 1. The number of carbonyl (C=O) groups is 2. The van der Waals surface area contributed by atoms with Crippen LogP contribution in [-0.2, 0) is 26.2 Å². The molecule has 1 N–H and O–H groups in total. The van der Waals surface area contributed by atoms with Crippen LogP contribution in [0.5, 0.6) is 0 Å². The van der Waals surface area contributed by atoms with Gasteiger partial charge in [-0.15, -0.1) is 0 Å². The van der Waals surface area contributed by atoms with Gasteiger partial charge in [-0.25, -0.2) is 8.42 Å². The third-order valence-electron chi connectivity index (χ3n) is 7.69. The average molecular weight is 631 g/mol. The molecule has 42 heavy (non-hydrogen) atoms. The highest BCUT2D eigenvalue weighted by Crippen LogP contribution is 2.29. The van der Waals surface area contributed by atoms with Gasteiger partial charge in [0.2, 0.25) is 11.8 Å². The van der Waals surface area contributed by atoms with Crippen molar-refractivity contribution in [1.82, 2.24) is 10.2 Å². The van der Waals surface area contributed by atoms with Gasteiger partial charge in [-0.1, -0.05) is 91.9 Å². The SMILES string of the molecule is CC[C@@H](C(=O)NC1CCCCC1)N(Cc1ccccc1Cl)C(=O)CN(c1ccc(C)c(Cl)c1)S(=O)(=O)c1ccccc1. The average Bonchev–Trinajstić information content (AvgIpc) is 2.99. The first-order valence-corrected chi connectivity index (χ1v) is 16.5. The monoisotopic (exact) mass is 629 g/mol. The standard InChI is InChI=1S/C32H37Cl2N3O4S/c1-3-30(32(39)35-25-13-6-4-7-14-25)36(21-24-12-10-11-17-28(24)33)31(38)22-37(26-19-18-23(2)29(34)20-26)42(40,41)27-15-8-5-9-16-27/h5,8-12,15-20,25,30H,3-4,6-7,13-14,21-22H2,1-2H3,(H,35,39)/t30-/m0/s1. The Labute approximate surface area is 258 Å². The van der Waals surface area contributed by atoms with Crippen molar-refractivity contribution in [3.63, 3.8) is 0 Å². The number of hydrogen-bond acceptors (Lipinski definition) is 4. The normalized spacial score (nSPS) is 14.7. The molecule has 0 radical (unpaired) electrons. The maximum absolute atomic E-state index is 14.2. The first-order valence-electron chi connectivity index (χ1n) is 14.3. The van der Waals surface area contributed by atoms with Crippen molar-refractivity contribution >= 4 is 50.7 Å². The van der Waals surface area contributed by atoms with E-state index in [1.165, 1.54) is 23.1 Å². The van der Waals surface area contributed by atoms with Crippen LogP contribution in [0.25, 0.3) is 0 Å². The van der Waals surface area contributed by atoms with E-state index in [4.69, 9.17) is 23.2 Å². The van der Waals surface area contributed by atoms with Gasteiger partial charge in [-0.3, -0.25) is 13.9 Å². The van der Waals surface area contributed by atoms with Crippen molar-refractivity contribution in [2.75, 3.05) is 10.8 Å². The summed E-state index contributed by atoms with van der Waals surface area (Å²) in [6, 6.07) is 19.2. The molecule has 0 unspecified atom stereocenters. The highest BCUT2D eigenvalue weighted by Gasteiger charge is 2.34. The number of anilines is 1. The zero-order valence-electron chi connectivity index (χ0n) is 23.9. The van der Waals surface area contributed by atoms with Gasteiger partial charge >= 0.3 is 0 Å². The Morgan fingerprint density at radius 1 is 0.929 bits per heavy atom. The van der Waals surface area contributed by atoms with E-state index < -0.39 is 28.5 Å². The van der Waals surface area contributed by atoms with E-state index >= 15 is 0 Å². The third-order valence-corrected chi connectivity index (χ3v) is 10.3. The van der Waals surface area contributed by atoms with Gasteiger partial charge in [0.1, 0.15) is 12.6 Å². The number of carbonyl (C=O) groups excluding carboxylic acids is 2. The quantitative estimate of drug-likeness (QED) is 0.254. The lowest BCUT2D eigenvalue weighted by molar-refractivity contribution is -0.140. The predicted octanol–water partition coefficient (Wildman–Crippen LogP) is 6.75. The first kappa shape index (κ1) is 31.9. The zero-order chi connectivity index (χ0) is 30.3. The van der Waals surface area contributed by atoms with Crippen LogP contribution in [0.3, 0.4) is 0 Å². The Kier molecular flexibility index (Phi) is 10.9. The Morgan fingerprint density at radius 2 is 1.60 bits per heavy atom. The van der Waals surface area contributed by atoms with Crippen LogP contribution in [0.15, 0.2) is 77.7 Å². The van der Waals surface area contributed by atoms with Crippen LogP contribution >= 0.6 is 23.2 Å². The molecular weight excluding hydrogens is 593 g/mol. The summed E-state index contributed by atoms with van der Waals surface area (Å²) in [5.41, 5.74) is 1.68. The van der Waals surface area contributed by atoms with Crippen LogP contribution in [0.1, 0.15) is 56.6 Å². The number of hydrogen-bond donors (Lipinski definition) is 1. The molecule has 0 aromatic heterocycles. The fourth-order valence-electron chi connectivity index (χ4n) is 5.26. The molecule has 0 spiro atoms. The van der Waals surface area contributed by atoms with Crippen LogP contribution in [0.2, 0.25) is 10.0 Å². The van der Waals surface area contributed by atoms with Crippen LogP contribution in [0, 0.1) is 6.92 Å². The second-order valence-electron chi connectivity index (χ2n) is 10.6. The summed E-state index contributed by atoms with van der Waals surface area (Å²) in [5, 5.41) is 3.98. The summed E-state index contributed by atoms with van der Waals surface area (Å²) in [6.07, 6.45) is 5.40. The maximum atomic E-state index is 14.2. The largest absolute Gasteiger partial charge is 0.352 e. The molecule has 10 heteroatoms. The molecular formula is C32H37Cl2N3O4S. The molecule has 224 valence electrons. The molecule has 2 amide bonds. The summed E-state index contributed by atoms with van der Waals surface area (Å²) in [5.74, 6) is -0.780. The first-order chi connectivity index (χ1) is 20.1. The highest BCUT2D eigenvalue weighted by atomic mass is 35.5. The summed E-state index contributed by atoms with van der Waals surface area (Å²) < 4.78 is 29.0. The molecule has 4 rings (SSSR count). The Morgan fingerprint density at radius 3 is 2.24 bits per heavy atom. The zero-order valence-corrected chi connectivity index (χ0v) is 26.3. The van der Waals surface area contributed by atoms with E-state index in [0.717, 1.165) is 42.0 Å². The minimum Gasteiger partial charge on any atom is -0.352 e. The van der Waals surface area contributed by atoms with Gasteiger partial charge in [0.25, 0.3) is 10.0 Å². The number of nitrogens with zero attached hydrogens (tertiary/aromatic N) is 2. The Balaban J connectivity index is 1.72. The smallest absolute Gasteiger partial charge is 0.264 e. The van der Waals surface area contributed by atoms with E-state index in [9.17, 15) is 18.0 Å². The van der Waals surface area contributed by atoms with Gasteiger partial charge in [0.15, 0.2) is 0 Å². The minimum atomic E-state index is -4.17. The molecule has 7 nitrogen and oxygen atoms in total. The van der Waals surface area contributed by atoms with Crippen LogP contribution < -0.4 is 9.62 Å². The number of sulfonamides is 1. The van der Waals surface area contributed by atoms with E-state index in [2.05, 4.69) is 5.32 Å². The van der Waals surface area contributed by atoms with E-state index in [1.54, 1.807) is 48.5 Å². The molecule has 1 atom stereocenters. The van der Waals surface area contributed by atoms with Gasteiger partial charge in [0.05, 0.1) is 10.6 Å². The van der Waals surface area contributed by atoms with E-state index in [1.807, 2.05) is 19.9 Å². The van der Waals surface area contributed by atoms with Crippen molar-refractivity contribution in [1.29, 1.82) is 0 Å². The molecule has 1 saturated carbocycles. The fourth-order valence-corrected chi connectivity index (χ4v) is 7.06. The van der Waals surface area contributed by atoms with Crippen molar-refractivity contribution in [2.24, 2.45) is 0 Å². The molecule has 0 heterocycles. The summed E-state index contributed by atoms with van der Waals surface area (Å²) in [6.45, 7) is 3.17. The van der Waals surface area contributed by atoms with Crippen LogP contribution in [-0.4, -0.2) is 43.8 Å². The van der Waals surface area contributed by atoms with Gasteiger partial charge in [-0.2, -0.15) is 0 Å². The van der Waals surface area contributed by atoms with Crippen molar-refractivity contribution in [2.45, 2.75) is 75.9 Å². The lowest BCUT2D eigenvalue weighted by atomic mass is 9.95. The number of amides is 2. The second-order valence-corrected chi connectivity index (χ2v) is 13.3. The number of aryl methyl sites for hydroxylation is 1. The summed E-state index contributed by atoms with van der Waals surface area (Å²) in [4.78, 5) is 29.3. The molecule has 1 aliphatic rings. The third kappa shape index (κ3) is 7.65. The predicted molar refractivity (Wildman–Crippen MR) is 168 cm³/mol. The molecule has 0 saturated heterocycles. The van der Waals surface area contributed by atoms with Crippen molar-refractivity contribution < 1.29 is 18.0 Å². The summed E-state index contributed by atoms with van der Waals surface area (Å²) >= 11 is 12.9. The fraction of sp³-hybridized carbons (Fsp3) is 0.375. The molecule has 1 aliphatic carbocycles. The van der Waals surface area contributed by atoms with Crippen molar-refractivity contribution in [3.8, 4) is 0 Å². The maximum Gasteiger partial charge on any atom is 0.264 e. The number of benzene rings is 3. The Bertz CT molecular complexity index is 1490. The highest BCUT2D eigenvalue weighted by molar-refractivity contribution is 7.92. The van der Waals surface area contributed by atoms with E-state index in [-0.39, 0.29) is 29.1 Å². The van der Waals surface area contributed by atoms with Crippen molar-refractivity contribution in [3.05, 3.63) is 94.0 Å². The van der Waals surface area contributed by atoms with E-state index in [0.29, 0.717) is 22.0 Å². The lowest BCUT2D eigenvalue weighted by Gasteiger charge is -2.34. The molecule has 1 fully saturated rings. The molecule has 3 aromatic rings. The van der Waals surface area contributed by atoms with Crippen LogP contribution in [0.4, 0.5) is 5.69 Å². The van der Waals surface area contributed by atoms with Gasteiger partial charge in [-0.05, 0) is 67.6 Å². The topological polar surface area (TPSA) is 86.8 Å². The second kappa shape index (κ2) is 14.4. The molecule has 0 bridgehead atoms. The molecule has 0 aliphatic heterocycles. The summed E-state index contributed by atoms with van der Waals surface area (Å²) in [7, 11) is -4.17. The van der Waals surface area contributed by atoms with Gasteiger partial charge in [0, 0.05) is 22.6 Å².